The third kappa shape index (κ3) is 2.72. The van der Waals surface area contributed by atoms with Crippen LogP contribution in [0.3, 0.4) is 0 Å². The first kappa shape index (κ1) is 15.0. The Balaban J connectivity index is 2.57. The van der Waals surface area contributed by atoms with Gasteiger partial charge in [-0.25, -0.2) is 17.9 Å². The molecule has 3 N–H and O–H groups in total. The molecule has 2 aromatic rings. The van der Waals surface area contributed by atoms with Crippen molar-refractivity contribution in [3.8, 4) is 0 Å². The van der Waals surface area contributed by atoms with Gasteiger partial charge in [-0.15, -0.1) is 5.10 Å². The van der Waals surface area contributed by atoms with Gasteiger partial charge in [0, 0.05) is 0 Å². The number of benzene rings is 1. The van der Waals surface area contributed by atoms with Crippen LogP contribution in [0.25, 0.3) is 0 Å². The van der Waals surface area contributed by atoms with E-state index in [1.807, 2.05) is 0 Å². The van der Waals surface area contributed by atoms with Crippen molar-refractivity contribution >= 4 is 21.6 Å². The van der Waals surface area contributed by atoms with E-state index < -0.39 is 26.9 Å². The van der Waals surface area contributed by atoms with Crippen molar-refractivity contribution in [1.82, 2.24) is 15.0 Å². The van der Waals surface area contributed by atoms with E-state index in [0.717, 1.165) is 4.68 Å². The molecule has 1 unspecified atom stereocenters. The van der Waals surface area contributed by atoms with Gasteiger partial charge in [0.25, 0.3) is 0 Å². The van der Waals surface area contributed by atoms with Crippen LogP contribution in [0.5, 0.6) is 0 Å². The molecular formula is C12H14N4O4S. The molecule has 1 aromatic heterocycles. The summed E-state index contributed by atoms with van der Waals surface area (Å²) in [5, 5.41) is 16.1. The van der Waals surface area contributed by atoms with Gasteiger partial charge in [0.15, 0.2) is 11.9 Å². The van der Waals surface area contributed by atoms with Gasteiger partial charge < -0.3 is 10.8 Å². The fourth-order valence-electron chi connectivity index (χ4n) is 1.86. The molecule has 0 aliphatic carbocycles. The van der Waals surface area contributed by atoms with Gasteiger partial charge in [-0.3, -0.25) is 0 Å². The summed E-state index contributed by atoms with van der Waals surface area (Å²) in [6.45, 7) is 1.44. The van der Waals surface area contributed by atoms with Crippen LogP contribution < -0.4 is 5.73 Å². The molecule has 0 bridgehead atoms. The molecule has 0 aliphatic rings. The molecular weight excluding hydrogens is 296 g/mol. The molecule has 1 atom stereocenters. The van der Waals surface area contributed by atoms with Gasteiger partial charge in [-0.1, -0.05) is 42.5 Å². The molecule has 1 heterocycles. The molecule has 0 saturated heterocycles. The monoisotopic (exact) mass is 310 g/mol. The van der Waals surface area contributed by atoms with E-state index in [2.05, 4.69) is 10.3 Å². The molecule has 2 rings (SSSR count). The fraction of sp³-hybridized carbons (Fsp3) is 0.250. The van der Waals surface area contributed by atoms with Gasteiger partial charge in [0.05, 0.1) is 5.75 Å². The lowest BCUT2D eigenvalue weighted by atomic mass is 10.1. The van der Waals surface area contributed by atoms with Crippen molar-refractivity contribution in [3.05, 3.63) is 35.9 Å². The standard InChI is InChI=1S/C12H14N4O4S/c1-2-21(19,20)11-10(13)16(15-14-11)9(12(17)18)8-6-4-3-5-7-8/h3-7,9H,2,13H2,1H3,(H,17,18). The highest BCUT2D eigenvalue weighted by atomic mass is 32.2. The van der Waals surface area contributed by atoms with Crippen molar-refractivity contribution in [2.24, 2.45) is 0 Å². The Morgan fingerprint density at radius 1 is 1.38 bits per heavy atom. The maximum atomic E-state index is 11.8. The molecule has 0 aliphatic heterocycles. The van der Waals surface area contributed by atoms with Crippen LogP contribution in [0.15, 0.2) is 35.4 Å². The second-order valence-corrected chi connectivity index (χ2v) is 6.47. The van der Waals surface area contributed by atoms with Crippen LogP contribution in [-0.2, 0) is 14.6 Å². The predicted octanol–water partition coefficient (Wildman–Crippen LogP) is 0.328. The Hall–Kier alpha value is -2.42. The highest BCUT2D eigenvalue weighted by Gasteiger charge is 2.30. The number of carbonyl (C=O) groups is 1. The van der Waals surface area contributed by atoms with E-state index in [1.54, 1.807) is 30.3 Å². The fourth-order valence-corrected chi connectivity index (χ4v) is 2.71. The summed E-state index contributed by atoms with van der Waals surface area (Å²) in [7, 11) is -3.66. The van der Waals surface area contributed by atoms with Crippen molar-refractivity contribution < 1.29 is 18.3 Å². The maximum Gasteiger partial charge on any atom is 0.333 e. The highest BCUT2D eigenvalue weighted by molar-refractivity contribution is 7.91. The van der Waals surface area contributed by atoms with E-state index >= 15 is 0 Å². The van der Waals surface area contributed by atoms with E-state index in [0.29, 0.717) is 5.56 Å². The van der Waals surface area contributed by atoms with Gasteiger partial charge in [-0.2, -0.15) is 0 Å². The van der Waals surface area contributed by atoms with Crippen molar-refractivity contribution in [1.29, 1.82) is 0 Å². The second kappa shape index (κ2) is 5.52. The third-order valence-corrected chi connectivity index (χ3v) is 4.61. The molecule has 0 saturated carbocycles. The average molecular weight is 310 g/mol. The predicted molar refractivity (Wildman–Crippen MR) is 74.4 cm³/mol. The molecule has 0 amide bonds. The number of nitrogen functional groups attached to an aromatic ring is 1. The van der Waals surface area contributed by atoms with Crippen LogP contribution in [0, 0.1) is 0 Å². The van der Waals surface area contributed by atoms with Crippen molar-refractivity contribution in [2.45, 2.75) is 18.0 Å². The Bertz CT molecular complexity index is 755. The number of nitrogens with zero attached hydrogens (tertiary/aromatic N) is 3. The molecule has 8 nitrogen and oxygen atoms in total. The SMILES string of the molecule is CCS(=O)(=O)c1nnn(C(C(=O)O)c2ccccc2)c1N. The Morgan fingerprint density at radius 2 is 2.00 bits per heavy atom. The highest BCUT2D eigenvalue weighted by Crippen LogP contribution is 2.24. The summed E-state index contributed by atoms with van der Waals surface area (Å²) in [5.74, 6) is -1.69. The van der Waals surface area contributed by atoms with Crippen LogP contribution in [0.2, 0.25) is 0 Å². The normalized spacial score (nSPS) is 13.0. The summed E-state index contributed by atoms with van der Waals surface area (Å²) in [6.07, 6.45) is 0. The summed E-state index contributed by atoms with van der Waals surface area (Å²) < 4.78 is 24.5. The number of anilines is 1. The van der Waals surface area contributed by atoms with E-state index in [-0.39, 0.29) is 11.6 Å². The van der Waals surface area contributed by atoms with E-state index in [1.165, 1.54) is 6.92 Å². The van der Waals surface area contributed by atoms with Crippen LogP contribution >= 0.6 is 0 Å². The first-order valence-electron chi connectivity index (χ1n) is 6.09. The minimum absolute atomic E-state index is 0.195. The lowest BCUT2D eigenvalue weighted by molar-refractivity contribution is -0.139. The molecule has 21 heavy (non-hydrogen) atoms. The quantitative estimate of drug-likeness (QED) is 0.814. The number of rotatable bonds is 5. The van der Waals surface area contributed by atoms with E-state index in [4.69, 9.17) is 5.73 Å². The zero-order valence-electron chi connectivity index (χ0n) is 11.2. The van der Waals surface area contributed by atoms with E-state index in [9.17, 15) is 18.3 Å². The largest absolute Gasteiger partial charge is 0.479 e. The maximum absolute atomic E-state index is 11.8. The number of aliphatic carboxylic acids is 1. The molecule has 0 spiro atoms. The van der Waals surface area contributed by atoms with Gasteiger partial charge in [0.1, 0.15) is 0 Å². The summed E-state index contributed by atoms with van der Waals surface area (Å²) in [5.41, 5.74) is 6.16. The summed E-state index contributed by atoms with van der Waals surface area (Å²) in [4.78, 5) is 11.5. The minimum atomic E-state index is -3.66. The Labute approximate surface area is 121 Å². The average Bonchev–Trinajstić information content (AvgIpc) is 2.83. The number of carboxylic acids is 1. The Kier molecular flexibility index (Phi) is 3.94. The molecule has 0 radical (unpaired) electrons. The number of sulfone groups is 1. The zero-order chi connectivity index (χ0) is 15.6. The topological polar surface area (TPSA) is 128 Å². The first-order chi connectivity index (χ1) is 9.88. The number of hydrogen-bond acceptors (Lipinski definition) is 6. The number of nitrogens with two attached hydrogens (primary N) is 1. The lowest BCUT2D eigenvalue weighted by Gasteiger charge is -2.13. The molecule has 112 valence electrons. The minimum Gasteiger partial charge on any atom is -0.479 e. The zero-order valence-corrected chi connectivity index (χ0v) is 12.0. The first-order valence-corrected chi connectivity index (χ1v) is 7.75. The number of aromatic nitrogens is 3. The lowest BCUT2D eigenvalue weighted by Crippen LogP contribution is -2.23. The second-order valence-electron chi connectivity index (χ2n) is 4.28. The molecule has 0 fully saturated rings. The van der Waals surface area contributed by atoms with Crippen LogP contribution in [-0.4, -0.2) is 40.2 Å². The van der Waals surface area contributed by atoms with Crippen LogP contribution in [0.4, 0.5) is 5.82 Å². The Morgan fingerprint density at radius 3 is 2.52 bits per heavy atom. The summed E-state index contributed by atoms with van der Waals surface area (Å²) in [6, 6.07) is 7.02. The molecule has 1 aromatic carbocycles. The van der Waals surface area contributed by atoms with Crippen LogP contribution in [0.1, 0.15) is 18.5 Å². The number of carboxylic acid groups (broad SMARTS) is 1. The molecule has 9 heteroatoms. The van der Waals surface area contributed by atoms with Gasteiger partial charge in [-0.05, 0) is 5.56 Å². The third-order valence-electron chi connectivity index (χ3n) is 2.97. The van der Waals surface area contributed by atoms with Gasteiger partial charge >= 0.3 is 5.97 Å². The van der Waals surface area contributed by atoms with Crippen molar-refractivity contribution in [2.75, 3.05) is 11.5 Å². The summed E-state index contributed by atoms with van der Waals surface area (Å²) >= 11 is 0. The van der Waals surface area contributed by atoms with Gasteiger partial charge in [0.2, 0.25) is 14.9 Å². The van der Waals surface area contributed by atoms with Crippen molar-refractivity contribution in [3.63, 3.8) is 0 Å². The smallest absolute Gasteiger partial charge is 0.333 e. The number of hydrogen-bond donors (Lipinski definition) is 2.